The van der Waals surface area contributed by atoms with Crippen LogP contribution in [0, 0.1) is 0 Å². The lowest BCUT2D eigenvalue weighted by Gasteiger charge is -2.09. The van der Waals surface area contributed by atoms with Gasteiger partial charge in [-0.2, -0.15) is 5.10 Å². The van der Waals surface area contributed by atoms with Crippen molar-refractivity contribution in [2.45, 2.75) is 18.2 Å². The molecule has 0 bridgehead atoms. The number of carbonyl (C=O) groups excluding carboxylic acids is 1. The van der Waals surface area contributed by atoms with Gasteiger partial charge in [-0.15, -0.1) is 0 Å². The summed E-state index contributed by atoms with van der Waals surface area (Å²) in [5, 5.41) is 6.86. The molecule has 5 nitrogen and oxygen atoms in total. The van der Waals surface area contributed by atoms with Gasteiger partial charge in [-0.25, -0.2) is 9.67 Å². The summed E-state index contributed by atoms with van der Waals surface area (Å²) in [6, 6.07) is 7.42. The van der Waals surface area contributed by atoms with Crippen molar-refractivity contribution in [3.8, 4) is 5.69 Å². The Balaban J connectivity index is 2.06. The van der Waals surface area contributed by atoms with Gasteiger partial charge in [-0.1, -0.05) is 22.9 Å². The van der Waals surface area contributed by atoms with E-state index in [-0.39, 0.29) is 10.7 Å². The van der Waals surface area contributed by atoms with Crippen LogP contribution in [0.15, 0.2) is 36.9 Å². The molecule has 0 spiro atoms. The normalized spacial score (nSPS) is 12.1. The average Bonchev–Trinajstić information content (AvgIpc) is 2.92. The van der Waals surface area contributed by atoms with Crippen LogP contribution in [0.5, 0.6) is 0 Å². The summed E-state index contributed by atoms with van der Waals surface area (Å²) in [7, 11) is 0. The van der Waals surface area contributed by atoms with Crippen molar-refractivity contribution in [2.75, 3.05) is 5.32 Å². The Morgan fingerprint density at radius 2 is 2.17 bits per heavy atom. The molecule has 1 N–H and O–H groups in total. The first-order valence-electron chi connectivity index (χ1n) is 5.60. The molecule has 1 heterocycles. The van der Waals surface area contributed by atoms with Gasteiger partial charge in [0.2, 0.25) is 5.91 Å². The Labute approximate surface area is 113 Å². The zero-order chi connectivity index (χ0) is 13.0. The number of alkyl halides is 1. The maximum atomic E-state index is 11.7. The zero-order valence-electron chi connectivity index (χ0n) is 9.88. The molecule has 6 heteroatoms. The lowest BCUT2D eigenvalue weighted by Crippen LogP contribution is -2.21. The Morgan fingerprint density at radius 3 is 2.72 bits per heavy atom. The molecule has 0 aliphatic carbocycles. The minimum atomic E-state index is -0.160. The average molecular weight is 309 g/mol. The van der Waals surface area contributed by atoms with Crippen LogP contribution < -0.4 is 5.32 Å². The van der Waals surface area contributed by atoms with E-state index in [1.54, 1.807) is 11.0 Å². The van der Waals surface area contributed by atoms with E-state index in [0.29, 0.717) is 0 Å². The highest BCUT2D eigenvalue weighted by atomic mass is 79.9. The summed E-state index contributed by atoms with van der Waals surface area (Å²) in [6.45, 7) is 1.95. The van der Waals surface area contributed by atoms with Crippen LogP contribution in [0.25, 0.3) is 5.69 Å². The summed E-state index contributed by atoms with van der Waals surface area (Å²) < 4.78 is 1.66. The van der Waals surface area contributed by atoms with Gasteiger partial charge in [0.15, 0.2) is 0 Å². The molecule has 1 aromatic carbocycles. The number of anilines is 1. The Morgan fingerprint density at radius 1 is 1.44 bits per heavy atom. The van der Waals surface area contributed by atoms with Crippen LogP contribution in [0.4, 0.5) is 5.69 Å². The van der Waals surface area contributed by atoms with Gasteiger partial charge in [-0.05, 0) is 30.7 Å². The molecular formula is C12H13BrN4O. The SMILES string of the molecule is CCC(Br)C(=O)Nc1ccc(-n2cncn2)cc1. The van der Waals surface area contributed by atoms with E-state index in [4.69, 9.17) is 0 Å². The summed E-state index contributed by atoms with van der Waals surface area (Å²) in [5.41, 5.74) is 1.66. The predicted octanol–water partition coefficient (Wildman–Crippen LogP) is 2.38. The minimum Gasteiger partial charge on any atom is -0.325 e. The first-order valence-corrected chi connectivity index (χ1v) is 6.52. The zero-order valence-corrected chi connectivity index (χ0v) is 11.5. The highest BCUT2D eigenvalue weighted by molar-refractivity contribution is 9.10. The van der Waals surface area contributed by atoms with Crippen molar-refractivity contribution >= 4 is 27.5 Å². The third kappa shape index (κ3) is 2.95. The fourth-order valence-corrected chi connectivity index (χ4v) is 1.56. The third-order valence-corrected chi connectivity index (χ3v) is 3.52. The topological polar surface area (TPSA) is 59.8 Å². The van der Waals surface area contributed by atoms with Crippen LogP contribution in [0.3, 0.4) is 0 Å². The summed E-state index contributed by atoms with van der Waals surface area (Å²) in [6.07, 6.45) is 3.86. The molecule has 1 unspecified atom stereocenters. The summed E-state index contributed by atoms with van der Waals surface area (Å²) >= 11 is 3.31. The van der Waals surface area contributed by atoms with E-state index in [9.17, 15) is 4.79 Å². The molecule has 2 aromatic rings. The number of aromatic nitrogens is 3. The first-order chi connectivity index (χ1) is 8.70. The molecule has 0 fully saturated rings. The molecule has 2 rings (SSSR count). The van der Waals surface area contributed by atoms with E-state index < -0.39 is 0 Å². The molecule has 0 saturated carbocycles. The van der Waals surface area contributed by atoms with E-state index in [2.05, 4.69) is 31.3 Å². The maximum Gasteiger partial charge on any atom is 0.238 e. The van der Waals surface area contributed by atoms with Gasteiger partial charge >= 0.3 is 0 Å². The Bertz CT molecular complexity index is 509. The van der Waals surface area contributed by atoms with Crippen LogP contribution >= 0.6 is 15.9 Å². The number of hydrogen-bond acceptors (Lipinski definition) is 3. The van der Waals surface area contributed by atoms with Gasteiger partial charge in [0, 0.05) is 5.69 Å². The fraction of sp³-hybridized carbons (Fsp3) is 0.250. The Kier molecular flexibility index (Phi) is 4.09. The number of carbonyl (C=O) groups is 1. The molecule has 18 heavy (non-hydrogen) atoms. The van der Waals surface area contributed by atoms with Crippen molar-refractivity contribution in [3.63, 3.8) is 0 Å². The monoisotopic (exact) mass is 308 g/mol. The lowest BCUT2D eigenvalue weighted by molar-refractivity contribution is -0.115. The summed E-state index contributed by atoms with van der Waals surface area (Å²) in [4.78, 5) is 15.4. The second-order valence-corrected chi connectivity index (χ2v) is 4.86. The number of hydrogen-bond donors (Lipinski definition) is 1. The number of amides is 1. The third-order valence-electron chi connectivity index (χ3n) is 2.46. The minimum absolute atomic E-state index is 0.0361. The van der Waals surface area contributed by atoms with Crippen LogP contribution in [-0.2, 0) is 4.79 Å². The van der Waals surface area contributed by atoms with Crippen molar-refractivity contribution in [3.05, 3.63) is 36.9 Å². The second-order valence-electron chi connectivity index (χ2n) is 3.75. The molecule has 0 aliphatic rings. The van der Waals surface area contributed by atoms with Crippen molar-refractivity contribution in [2.24, 2.45) is 0 Å². The van der Waals surface area contributed by atoms with E-state index in [0.717, 1.165) is 17.8 Å². The lowest BCUT2D eigenvalue weighted by atomic mass is 10.2. The maximum absolute atomic E-state index is 11.7. The molecule has 1 aromatic heterocycles. The quantitative estimate of drug-likeness (QED) is 0.882. The van der Waals surface area contributed by atoms with Crippen molar-refractivity contribution in [1.82, 2.24) is 14.8 Å². The number of halogens is 1. The smallest absolute Gasteiger partial charge is 0.238 e. The van der Waals surface area contributed by atoms with Gasteiger partial charge in [-0.3, -0.25) is 4.79 Å². The highest BCUT2D eigenvalue weighted by Gasteiger charge is 2.12. The molecular weight excluding hydrogens is 296 g/mol. The molecule has 1 amide bonds. The second kappa shape index (κ2) is 5.77. The largest absolute Gasteiger partial charge is 0.325 e. The Hall–Kier alpha value is -1.69. The van der Waals surface area contributed by atoms with Crippen LogP contribution in [0.1, 0.15) is 13.3 Å². The molecule has 0 radical (unpaired) electrons. The van der Waals surface area contributed by atoms with E-state index in [1.165, 1.54) is 6.33 Å². The first kappa shape index (κ1) is 12.8. The van der Waals surface area contributed by atoms with Gasteiger partial charge in [0.05, 0.1) is 10.5 Å². The molecule has 0 aliphatic heterocycles. The van der Waals surface area contributed by atoms with Gasteiger partial charge in [0.25, 0.3) is 0 Å². The van der Waals surface area contributed by atoms with Gasteiger partial charge in [0.1, 0.15) is 12.7 Å². The number of benzene rings is 1. The van der Waals surface area contributed by atoms with Gasteiger partial charge < -0.3 is 5.32 Å². The van der Waals surface area contributed by atoms with E-state index in [1.807, 2.05) is 31.2 Å². The van der Waals surface area contributed by atoms with Crippen LogP contribution in [0.2, 0.25) is 0 Å². The van der Waals surface area contributed by atoms with Crippen molar-refractivity contribution < 1.29 is 4.79 Å². The van der Waals surface area contributed by atoms with Crippen molar-refractivity contribution in [1.29, 1.82) is 0 Å². The number of nitrogens with zero attached hydrogens (tertiary/aromatic N) is 3. The fourth-order valence-electron chi connectivity index (χ4n) is 1.45. The molecule has 0 saturated heterocycles. The highest BCUT2D eigenvalue weighted by Crippen LogP contribution is 2.14. The predicted molar refractivity (Wildman–Crippen MR) is 73.0 cm³/mol. The standard InChI is InChI=1S/C12H13BrN4O/c1-2-11(13)12(18)16-9-3-5-10(6-4-9)17-8-14-7-15-17/h3-8,11H,2H2,1H3,(H,16,18). The summed E-state index contributed by atoms with van der Waals surface area (Å²) in [5.74, 6) is -0.0361. The van der Waals surface area contributed by atoms with E-state index >= 15 is 0 Å². The molecule has 1 atom stereocenters. The van der Waals surface area contributed by atoms with Crippen LogP contribution in [-0.4, -0.2) is 25.5 Å². The number of nitrogens with one attached hydrogen (secondary N) is 1. The number of rotatable bonds is 4. The molecule has 94 valence electrons.